The number of carbonyl (C=O) groups is 1. The summed E-state index contributed by atoms with van der Waals surface area (Å²) in [6.07, 6.45) is 3.29. The van der Waals surface area contributed by atoms with Gasteiger partial charge in [-0.2, -0.15) is 4.31 Å². The van der Waals surface area contributed by atoms with E-state index >= 15 is 0 Å². The van der Waals surface area contributed by atoms with Crippen LogP contribution in [0.2, 0.25) is 0 Å². The first kappa shape index (κ1) is 17.3. The number of Topliss-reactive ketones (excluding diaryl/α,β-unsaturated/α-hetero) is 1. The number of rotatable bonds is 5. The van der Waals surface area contributed by atoms with Crippen molar-refractivity contribution in [2.24, 2.45) is 0 Å². The molecule has 0 unspecified atom stereocenters. The predicted octanol–water partition coefficient (Wildman–Crippen LogP) is 3.12. The normalized spacial score (nSPS) is 16.2. The molecule has 1 fully saturated rings. The highest BCUT2D eigenvalue weighted by Crippen LogP contribution is 2.26. The van der Waals surface area contributed by atoms with Gasteiger partial charge in [0.1, 0.15) is 10.8 Å². The first-order valence-corrected chi connectivity index (χ1v) is 10.3. The van der Waals surface area contributed by atoms with Crippen molar-refractivity contribution in [3.05, 3.63) is 34.7 Å². The molecule has 1 aliphatic rings. The number of sulfonamides is 1. The Kier molecular flexibility index (Phi) is 5.12. The minimum absolute atomic E-state index is 0.0823. The van der Waals surface area contributed by atoms with Crippen molar-refractivity contribution in [2.75, 3.05) is 13.1 Å². The highest BCUT2D eigenvalue weighted by Gasteiger charge is 2.25. The lowest BCUT2D eigenvalue weighted by atomic mass is 10.2. The van der Waals surface area contributed by atoms with Gasteiger partial charge in [-0.3, -0.25) is 4.79 Å². The van der Waals surface area contributed by atoms with Crippen LogP contribution in [0.1, 0.15) is 31.2 Å². The van der Waals surface area contributed by atoms with Gasteiger partial charge in [0, 0.05) is 24.0 Å². The number of hydrogen-bond donors (Lipinski definition) is 0. The Labute approximate surface area is 146 Å². The summed E-state index contributed by atoms with van der Waals surface area (Å²) in [5.74, 6) is 0.0823. The quantitative estimate of drug-likeness (QED) is 0.817. The third-order valence-corrected chi connectivity index (χ3v) is 6.82. The Balaban J connectivity index is 1.80. The molecule has 0 saturated carbocycles. The molecule has 24 heavy (non-hydrogen) atoms. The lowest BCUT2D eigenvalue weighted by molar-refractivity contribution is -0.116. The number of thiazole rings is 1. The second-order valence-corrected chi connectivity index (χ2v) is 8.87. The van der Waals surface area contributed by atoms with Crippen LogP contribution in [0.5, 0.6) is 0 Å². The highest BCUT2D eigenvalue weighted by molar-refractivity contribution is 7.89. The second kappa shape index (κ2) is 7.13. The molecule has 0 N–H and O–H groups in total. The maximum Gasteiger partial charge on any atom is 0.243 e. The minimum Gasteiger partial charge on any atom is -0.300 e. The molecule has 0 spiro atoms. The van der Waals surface area contributed by atoms with Gasteiger partial charge in [0.2, 0.25) is 10.0 Å². The molecule has 0 atom stereocenters. The summed E-state index contributed by atoms with van der Waals surface area (Å²) >= 11 is 1.45. The maximum absolute atomic E-state index is 12.6. The molecule has 7 heteroatoms. The lowest BCUT2D eigenvalue weighted by Crippen LogP contribution is -2.35. The van der Waals surface area contributed by atoms with E-state index in [2.05, 4.69) is 4.98 Å². The van der Waals surface area contributed by atoms with Crippen LogP contribution in [-0.2, 0) is 21.2 Å². The lowest BCUT2D eigenvalue weighted by Gasteiger charge is -2.25. The van der Waals surface area contributed by atoms with E-state index in [0.29, 0.717) is 24.4 Å². The molecule has 1 aromatic carbocycles. The minimum atomic E-state index is -3.40. The number of benzene rings is 1. The van der Waals surface area contributed by atoms with Crippen molar-refractivity contribution in [2.45, 2.75) is 37.5 Å². The fourth-order valence-corrected chi connectivity index (χ4v) is 5.18. The van der Waals surface area contributed by atoms with Gasteiger partial charge in [-0.25, -0.2) is 13.4 Å². The van der Waals surface area contributed by atoms with Crippen LogP contribution in [-0.4, -0.2) is 36.6 Å². The first-order valence-electron chi connectivity index (χ1n) is 8.01. The predicted molar refractivity (Wildman–Crippen MR) is 94.5 cm³/mol. The van der Waals surface area contributed by atoms with E-state index in [1.165, 1.54) is 11.3 Å². The number of hydrogen-bond acceptors (Lipinski definition) is 5. The van der Waals surface area contributed by atoms with Gasteiger partial charge in [0.15, 0.2) is 0 Å². The number of ketones is 1. The van der Waals surface area contributed by atoms with Crippen molar-refractivity contribution in [3.8, 4) is 11.3 Å². The SMILES string of the molecule is CC(=O)Cc1nc(-c2ccc(S(=O)(=O)N3CCCCC3)cc2)cs1. The fraction of sp³-hybridized carbons (Fsp3) is 0.412. The van der Waals surface area contributed by atoms with Crippen LogP contribution in [0.15, 0.2) is 34.5 Å². The van der Waals surface area contributed by atoms with E-state index in [-0.39, 0.29) is 5.78 Å². The van der Waals surface area contributed by atoms with Crippen molar-refractivity contribution in [3.63, 3.8) is 0 Å². The topological polar surface area (TPSA) is 67.3 Å². The summed E-state index contributed by atoms with van der Waals surface area (Å²) in [4.78, 5) is 15.9. The standard InChI is InChI=1S/C17H20N2O3S2/c1-13(20)11-17-18-16(12-23-17)14-5-7-15(8-6-14)24(21,22)19-9-3-2-4-10-19/h5-8,12H,2-4,9-11H2,1H3. The molecule has 2 aromatic rings. The molecule has 0 radical (unpaired) electrons. The summed E-state index contributed by atoms with van der Waals surface area (Å²) < 4.78 is 26.8. The summed E-state index contributed by atoms with van der Waals surface area (Å²) in [5, 5.41) is 2.68. The Morgan fingerprint density at radius 3 is 2.46 bits per heavy atom. The largest absolute Gasteiger partial charge is 0.300 e. The van der Waals surface area contributed by atoms with Gasteiger partial charge >= 0.3 is 0 Å². The Morgan fingerprint density at radius 1 is 1.17 bits per heavy atom. The Bertz CT molecular complexity index is 820. The molecular weight excluding hydrogens is 344 g/mol. The average molecular weight is 364 g/mol. The van der Waals surface area contributed by atoms with Crippen LogP contribution in [0.25, 0.3) is 11.3 Å². The molecule has 1 aromatic heterocycles. The van der Waals surface area contributed by atoms with Crippen LogP contribution in [0.4, 0.5) is 0 Å². The maximum atomic E-state index is 12.6. The summed E-state index contributed by atoms with van der Waals surface area (Å²) in [6.45, 7) is 2.75. The van der Waals surface area contributed by atoms with Gasteiger partial charge in [0.05, 0.1) is 17.0 Å². The first-order chi connectivity index (χ1) is 11.5. The Morgan fingerprint density at radius 2 is 1.83 bits per heavy atom. The highest BCUT2D eigenvalue weighted by atomic mass is 32.2. The van der Waals surface area contributed by atoms with Crippen molar-refractivity contribution in [1.82, 2.24) is 9.29 Å². The van der Waals surface area contributed by atoms with Gasteiger partial charge < -0.3 is 0 Å². The number of piperidine rings is 1. The average Bonchev–Trinajstić information content (AvgIpc) is 3.03. The molecular formula is C17H20N2O3S2. The van der Waals surface area contributed by atoms with E-state index in [1.54, 1.807) is 35.5 Å². The number of aromatic nitrogens is 1. The molecule has 3 rings (SSSR count). The van der Waals surface area contributed by atoms with E-state index in [0.717, 1.165) is 35.5 Å². The molecule has 2 heterocycles. The number of carbonyl (C=O) groups excluding carboxylic acids is 1. The van der Waals surface area contributed by atoms with Crippen LogP contribution in [0.3, 0.4) is 0 Å². The third-order valence-electron chi connectivity index (χ3n) is 4.05. The number of nitrogens with zero attached hydrogens (tertiary/aromatic N) is 2. The smallest absolute Gasteiger partial charge is 0.243 e. The Hall–Kier alpha value is -1.57. The van der Waals surface area contributed by atoms with Crippen molar-refractivity contribution >= 4 is 27.1 Å². The van der Waals surface area contributed by atoms with E-state index < -0.39 is 10.0 Å². The summed E-state index contributed by atoms with van der Waals surface area (Å²) in [6, 6.07) is 6.85. The monoisotopic (exact) mass is 364 g/mol. The zero-order valence-electron chi connectivity index (χ0n) is 13.6. The van der Waals surface area contributed by atoms with Crippen molar-refractivity contribution in [1.29, 1.82) is 0 Å². The van der Waals surface area contributed by atoms with Gasteiger partial charge in [-0.1, -0.05) is 18.6 Å². The zero-order valence-corrected chi connectivity index (χ0v) is 15.2. The molecule has 0 bridgehead atoms. The van der Waals surface area contributed by atoms with E-state index in [4.69, 9.17) is 0 Å². The third kappa shape index (κ3) is 3.74. The molecule has 5 nitrogen and oxygen atoms in total. The van der Waals surface area contributed by atoms with Gasteiger partial charge in [0.25, 0.3) is 0 Å². The summed E-state index contributed by atoms with van der Waals surface area (Å²) in [7, 11) is -3.40. The molecule has 1 aliphatic heterocycles. The van der Waals surface area contributed by atoms with Crippen LogP contribution in [0, 0.1) is 0 Å². The van der Waals surface area contributed by atoms with E-state index in [9.17, 15) is 13.2 Å². The van der Waals surface area contributed by atoms with Gasteiger partial charge in [-0.05, 0) is 31.9 Å². The fourth-order valence-electron chi connectivity index (χ4n) is 2.79. The van der Waals surface area contributed by atoms with Crippen LogP contribution >= 0.6 is 11.3 Å². The molecule has 0 aliphatic carbocycles. The second-order valence-electron chi connectivity index (χ2n) is 5.99. The van der Waals surface area contributed by atoms with Crippen LogP contribution < -0.4 is 0 Å². The summed E-state index contributed by atoms with van der Waals surface area (Å²) in [5.41, 5.74) is 1.64. The zero-order chi connectivity index (χ0) is 17.2. The van der Waals surface area contributed by atoms with Gasteiger partial charge in [-0.15, -0.1) is 11.3 Å². The molecule has 0 amide bonds. The van der Waals surface area contributed by atoms with E-state index in [1.807, 2.05) is 5.38 Å². The molecule has 1 saturated heterocycles. The van der Waals surface area contributed by atoms with Crippen molar-refractivity contribution < 1.29 is 13.2 Å². The molecule has 128 valence electrons.